The van der Waals surface area contributed by atoms with Crippen LogP contribution < -0.4 is 11.2 Å². The lowest BCUT2D eigenvalue weighted by Gasteiger charge is -2.07. The van der Waals surface area contributed by atoms with Crippen molar-refractivity contribution in [3.63, 3.8) is 0 Å². The Bertz CT molecular complexity index is 664. The fourth-order valence-corrected chi connectivity index (χ4v) is 1.86. The number of rotatable bonds is 3. The highest BCUT2D eigenvalue weighted by atomic mass is 16.3. The summed E-state index contributed by atoms with van der Waals surface area (Å²) < 4.78 is 4.03. The average Bonchev–Trinajstić information content (AvgIpc) is 2.75. The largest absolute Gasteiger partial charge is 0.395 e. The van der Waals surface area contributed by atoms with Gasteiger partial charge in [-0.2, -0.15) is 0 Å². The van der Waals surface area contributed by atoms with E-state index >= 15 is 0 Å². The topological polar surface area (TPSA) is 82.1 Å². The Balaban J connectivity index is 2.94. The molecule has 17 heavy (non-hydrogen) atoms. The van der Waals surface area contributed by atoms with E-state index in [0.29, 0.717) is 17.7 Å². The molecule has 0 aliphatic heterocycles. The number of imidazole rings is 1. The quantitative estimate of drug-likeness (QED) is 0.736. The fourth-order valence-electron chi connectivity index (χ4n) is 1.86. The molecule has 0 atom stereocenters. The van der Waals surface area contributed by atoms with Gasteiger partial charge in [-0.1, -0.05) is 0 Å². The van der Waals surface area contributed by atoms with Gasteiger partial charge in [0, 0.05) is 13.6 Å². The van der Waals surface area contributed by atoms with E-state index in [0.717, 1.165) is 4.57 Å². The first-order valence-electron chi connectivity index (χ1n) is 5.37. The summed E-state index contributed by atoms with van der Waals surface area (Å²) in [6, 6.07) is 0. The van der Waals surface area contributed by atoms with Gasteiger partial charge in [0.2, 0.25) is 0 Å². The predicted octanol–water partition coefficient (Wildman–Crippen LogP) is -1.09. The lowest BCUT2D eigenvalue weighted by Crippen LogP contribution is -2.40. The third-order valence-electron chi connectivity index (χ3n) is 2.77. The number of aliphatic hydroxyl groups is 1. The smallest absolute Gasteiger partial charge is 0.332 e. The third kappa shape index (κ3) is 1.59. The molecule has 2 aromatic heterocycles. The lowest BCUT2D eigenvalue weighted by atomic mass is 10.4. The molecule has 0 spiro atoms. The van der Waals surface area contributed by atoms with Crippen LogP contribution in [-0.2, 0) is 20.1 Å². The van der Waals surface area contributed by atoms with Crippen molar-refractivity contribution >= 4 is 11.2 Å². The van der Waals surface area contributed by atoms with Crippen LogP contribution in [-0.4, -0.2) is 30.4 Å². The maximum absolute atomic E-state index is 12.1. The zero-order chi connectivity index (χ0) is 12.6. The van der Waals surface area contributed by atoms with Gasteiger partial charge in [0.1, 0.15) is 0 Å². The standard InChI is InChI=1S/C10H14N4O3/c1-3-13-6-11-8-7(13)9(16)14(4-5-15)10(17)12(8)2/h6,15H,3-5H2,1-2H3. The van der Waals surface area contributed by atoms with E-state index in [2.05, 4.69) is 4.98 Å². The van der Waals surface area contributed by atoms with Crippen molar-refractivity contribution in [3.8, 4) is 0 Å². The van der Waals surface area contributed by atoms with Crippen LogP contribution in [0.4, 0.5) is 0 Å². The van der Waals surface area contributed by atoms with Gasteiger partial charge in [0.05, 0.1) is 19.5 Å². The molecule has 92 valence electrons. The van der Waals surface area contributed by atoms with E-state index in [-0.39, 0.29) is 13.2 Å². The van der Waals surface area contributed by atoms with Gasteiger partial charge in [0.25, 0.3) is 5.56 Å². The number of aromatic nitrogens is 4. The molecular weight excluding hydrogens is 224 g/mol. The Morgan fingerprint density at radius 1 is 1.41 bits per heavy atom. The van der Waals surface area contributed by atoms with Crippen LogP contribution >= 0.6 is 0 Å². The van der Waals surface area contributed by atoms with Crippen LogP contribution in [0.3, 0.4) is 0 Å². The maximum atomic E-state index is 12.1. The van der Waals surface area contributed by atoms with Crippen molar-refractivity contribution in [2.45, 2.75) is 20.0 Å². The van der Waals surface area contributed by atoms with Crippen molar-refractivity contribution in [2.75, 3.05) is 6.61 Å². The van der Waals surface area contributed by atoms with Crippen LogP contribution in [0.1, 0.15) is 6.92 Å². The highest BCUT2D eigenvalue weighted by Crippen LogP contribution is 2.04. The van der Waals surface area contributed by atoms with E-state index in [4.69, 9.17) is 5.11 Å². The van der Waals surface area contributed by atoms with Crippen molar-refractivity contribution in [2.24, 2.45) is 7.05 Å². The molecule has 0 aliphatic carbocycles. The van der Waals surface area contributed by atoms with Crippen LogP contribution in [0.25, 0.3) is 11.2 Å². The summed E-state index contributed by atoms with van der Waals surface area (Å²) in [6.45, 7) is 2.24. The molecule has 0 aliphatic rings. The second-order valence-corrected chi connectivity index (χ2v) is 3.72. The molecule has 0 radical (unpaired) electrons. The molecule has 0 fully saturated rings. The van der Waals surface area contributed by atoms with Gasteiger partial charge in [-0.15, -0.1) is 0 Å². The molecule has 1 N–H and O–H groups in total. The Labute approximate surface area is 96.6 Å². The molecule has 2 rings (SSSR count). The highest BCUT2D eigenvalue weighted by Gasteiger charge is 2.14. The molecule has 0 amide bonds. The van der Waals surface area contributed by atoms with Gasteiger partial charge >= 0.3 is 5.69 Å². The molecule has 7 heteroatoms. The summed E-state index contributed by atoms with van der Waals surface area (Å²) in [5.74, 6) is 0. The first-order valence-corrected chi connectivity index (χ1v) is 5.37. The van der Waals surface area contributed by atoms with Crippen molar-refractivity contribution < 1.29 is 5.11 Å². The fraction of sp³-hybridized carbons (Fsp3) is 0.500. The first kappa shape index (κ1) is 11.6. The van der Waals surface area contributed by atoms with Gasteiger partial charge in [-0.05, 0) is 6.92 Å². The molecule has 0 aromatic carbocycles. The number of hydrogen-bond donors (Lipinski definition) is 1. The zero-order valence-corrected chi connectivity index (χ0v) is 9.75. The summed E-state index contributed by atoms with van der Waals surface area (Å²) in [5, 5.41) is 8.88. The van der Waals surface area contributed by atoms with E-state index in [1.54, 1.807) is 11.6 Å². The van der Waals surface area contributed by atoms with E-state index in [1.165, 1.54) is 10.9 Å². The molecule has 2 aromatic rings. The van der Waals surface area contributed by atoms with Gasteiger partial charge < -0.3 is 9.67 Å². The molecule has 0 saturated carbocycles. The highest BCUT2D eigenvalue weighted by molar-refractivity contribution is 5.69. The van der Waals surface area contributed by atoms with Gasteiger partial charge in [-0.3, -0.25) is 13.9 Å². The number of aryl methyl sites for hydroxylation is 2. The second-order valence-electron chi connectivity index (χ2n) is 3.72. The van der Waals surface area contributed by atoms with Crippen LogP contribution in [0.15, 0.2) is 15.9 Å². The molecule has 2 heterocycles. The van der Waals surface area contributed by atoms with E-state index in [1.807, 2.05) is 6.92 Å². The number of hydrogen-bond acceptors (Lipinski definition) is 4. The second kappa shape index (κ2) is 4.17. The molecule has 0 saturated heterocycles. The summed E-state index contributed by atoms with van der Waals surface area (Å²) >= 11 is 0. The predicted molar refractivity (Wildman–Crippen MR) is 62.0 cm³/mol. The van der Waals surface area contributed by atoms with Crippen LogP contribution in [0, 0.1) is 0 Å². The first-order chi connectivity index (χ1) is 8.11. The summed E-state index contributed by atoms with van der Waals surface area (Å²) in [4.78, 5) is 28.0. The number of aliphatic hydroxyl groups excluding tert-OH is 1. The Morgan fingerprint density at radius 2 is 2.12 bits per heavy atom. The number of nitrogens with zero attached hydrogens (tertiary/aromatic N) is 4. The van der Waals surface area contributed by atoms with Gasteiger partial charge in [0.15, 0.2) is 11.2 Å². The number of fused-ring (bicyclic) bond motifs is 1. The van der Waals surface area contributed by atoms with Crippen molar-refractivity contribution in [1.82, 2.24) is 18.7 Å². The summed E-state index contributed by atoms with van der Waals surface area (Å²) in [6.07, 6.45) is 1.54. The van der Waals surface area contributed by atoms with Crippen molar-refractivity contribution in [1.29, 1.82) is 0 Å². The third-order valence-corrected chi connectivity index (χ3v) is 2.77. The van der Waals surface area contributed by atoms with E-state index < -0.39 is 11.2 Å². The monoisotopic (exact) mass is 238 g/mol. The van der Waals surface area contributed by atoms with Crippen LogP contribution in [0.2, 0.25) is 0 Å². The van der Waals surface area contributed by atoms with E-state index in [9.17, 15) is 9.59 Å². The SMILES string of the molecule is CCn1cnc2c1c(=O)n(CCO)c(=O)n2C. The van der Waals surface area contributed by atoms with Crippen molar-refractivity contribution in [3.05, 3.63) is 27.2 Å². The lowest BCUT2D eigenvalue weighted by molar-refractivity contribution is 0.271. The average molecular weight is 238 g/mol. The minimum Gasteiger partial charge on any atom is -0.395 e. The maximum Gasteiger partial charge on any atom is 0.332 e. The van der Waals surface area contributed by atoms with Crippen LogP contribution in [0.5, 0.6) is 0 Å². The molecule has 0 bridgehead atoms. The minimum atomic E-state index is -0.460. The normalized spacial score (nSPS) is 11.2. The molecule has 7 nitrogen and oxygen atoms in total. The summed E-state index contributed by atoms with van der Waals surface area (Å²) in [5.41, 5.74) is -0.103. The Hall–Kier alpha value is -1.89. The molecular formula is C10H14N4O3. The molecule has 0 unspecified atom stereocenters. The Kier molecular flexibility index (Phi) is 2.84. The summed E-state index contributed by atoms with van der Waals surface area (Å²) in [7, 11) is 1.56. The van der Waals surface area contributed by atoms with Gasteiger partial charge in [-0.25, -0.2) is 9.78 Å². The minimum absolute atomic E-state index is 0.00363. The Morgan fingerprint density at radius 3 is 2.71 bits per heavy atom. The zero-order valence-electron chi connectivity index (χ0n) is 9.75.